The van der Waals surface area contributed by atoms with Gasteiger partial charge in [0.25, 0.3) is 5.16 Å². The number of nitrogen functional groups attached to an aromatic ring is 1. The van der Waals surface area contributed by atoms with Gasteiger partial charge in [-0.15, -0.1) is 0 Å². The Hall–Kier alpha value is -3.68. The minimum absolute atomic E-state index is 0.0164. The Kier molecular flexibility index (Phi) is 7.17. The summed E-state index contributed by atoms with van der Waals surface area (Å²) in [4.78, 5) is 35.0. The van der Waals surface area contributed by atoms with Gasteiger partial charge in [-0.25, -0.2) is 12.8 Å². The zero-order valence-electron chi connectivity index (χ0n) is 16.6. The molecule has 0 unspecified atom stereocenters. The molecule has 0 amide bonds. The van der Waals surface area contributed by atoms with Gasteiger partial charge in [-0.05, 0) is 18.6 Å². The van der Waals surface area contributed by atoms with Gasteiger partial charge in [0, 0.05) is 19.0 Å². The quantitative estimate of drug-likeness (QED) is 0.250. The summed E-state index contributed by atoms with van der Waals surface area (Å²) in [7, 11) is -3.98. The van der Waals surface area contributed by atoms with Gasteiger partial charge in [-0.2, -0.15) is 9.97 Å². The summed E-state index contributed by atoms with van der Waals surface area (Å²) in [6, 6.07) is 2.78. The Bertz CT molecular complexity index is 1120. The van der Waals surface area contributed by atoms with Crippen molar-refractivity contribution < 1.29 is 27.3 Å². The van der Waals surface area contributed by atoms with Crippen LogP contribution in [0.3, 0.4) is 0 Å². The molecular weight excluding hydrogens is 435 g/mol. The molecule has 0 saturated heterocycles. The lowest BCUT2D eigenvalue weighted by Crippen LogP contribution is -2.32. The molecule has 166 valence electrons. The summed E-state index contributed by atoms with van der Waals surface area (Å²) in [5.41, 5.74) is 5.24. The number of carbonyl (C=O) groups excluding carboxylic acids is 1. The number of rotatable bonds is 9. The standard InChI is InChI=1S/C17H19FN6O6S/c1-4-30-13(25)9-23(8-11-5-6-12(10(2)18)20-7-11)16-14(24(26)27)15(19)21-17(22-16)31(3,28)29/h5-7H,2,4,8-9H2,1,3H3,(H2,19,21,22). The first-order valence-electron chi connectivity index (χ1n) is 8.66. The van der Waals surface area contributed by atoms with Gasteiger partial charge in [-0.3, -0.25) is 19.9 Å². The number of halogens is 1. The summed E-state index contributed by atoms with van der Waals surface area (Å²) in [5, 5.41) is 10.8. The molecule has 2 N–H and O–H groups in total. The normalized spacial score (nSPS) is 11.1. The second-order valence-corrected chi connectivity index (χ2v) is 8.12. The maximum absolute atomic E-state index is 13.2. The molecular formula is C17H19FN6O6S. The van der Waals surface area contributed by atoms with Crippen LogP contribution in [0.4, 0.5) is 21.7 Å². The number of pyridine rings is 1. The highest BCUT2D eigenvalue weighted by Gasteiger charge is 2.31. The van der Waals surface area contributed by atoms with Gasteiger partial charge in [0.15, 0.2) is 0 Å². The first kappa shape index (κ1) is 23.6. The van der Waals surface area contributed by atoms with Crippen LogP contribution in [0.2, 0.25) is 0 Å². The third-order valence-electron chi connectivity index (χ3n) is 3.79. The third kappa shape index (κ3) is 5.91. The number of ether oxygens (including phenoxy) is 1. The molecule has 2 rings (SSSR count). The van der Waals surface area contributed by atoms with Crippen molar-refractivity contribution in [1.82, 2.24) is 15.0 Å². The zero-order chi connectivity index (χ0) is 23.3. The zero-order valence-corrected chi connectivity index (χ0v) is 17.4. The van der Waals surface area contributed by atoms with Crippen LogP contribution in [-0.4, -0.2) is 53.7 Å². The fraction of sp³-hybridized carbons (Fsp3) is 0.294. The number of hydrogen-bond acceptors (Lipinski definition) is 11. The second kappa shape index (κ2) is 9.42. The minimum Gasteiger partial charge on any atom is -0.465 e. The highest BCUT2D eigenvalue weighted by Crippen LogP contribution is 2.32. The molecule has 0 radical (unpaired) electrons. The molecule has 2 aromatic heterocycles. The van der Waals surface area contributed by atoms with E-state index in [-0.39, 0.29) is 18.8 Å². The van der Waals surface area contributed by atoms with Crippen molar-refractivity contribution in [1.29, 1.82) is 0 Å². The van der Waals surface area contributed by atoms with Crippen LogP contribution in [0.5, 0.6) is 0 Å². The van der Waals surface area contributed by atoms with E-state index in [4.69, 9.17) is 10.5 Å². The van der Waals surface area contributed by atoms with Gasteiger partial charge in [0.05, 0.1) is 17.2 Å². The number of nitrogens with two attached hydrogens (primary N) is 1. The Morgan fingerprint density at radius 1 is 1.39 bits per heavy atom. The number of sulfone groups is 1. The topological polar surface area (TPSA) is 172 Å². The van der Waals surface area contributed by atoms with Gasteiger partial charge in [0.2, 0.25) is 21.5 Å². The van der Waals surface area contributed by atoms with E-state index in [1.165, 1.54) is 18.3 Å². The Labute approximate surface area is 176 Å². The number of hydrogen-bond donors (Lipinski definition) is 1. The summed E-state index contributed by atoms with van der Waals surface area (Å²) in [5.74, 6) is -2.69. The van der Waals surface area contributed by atoms with Gasteiger partial charge in [-0.1, -0.05) is 12.6 Å². The van der Waals surface area contributed by atoms with Crippen LogP contribution in [0.15, 0.2) is 30.1 Å². The van der Waals surface area contributed by atoms with Crippen LogP contribution in [0.1, 0.15) is 18.2 Å². The molecule has 0 spiro atoms. The largest absolute Gasteiger partial charge is 0.465 e. The molecule has 0 aliphatic carbocycles. The fourth-order valence-electron chi connectivity index (χ4n) is 2.47. The monoisotopic (exact) mass is 454 g/mol. The highest BCUT2D eigenvalue weighted by atomic mass is 32.2. The second-order valence-electron chi connectivity index (χ2n) is 6.21. The first-order chi connectivity index (χ1) is 14.4. The molecule has 0 aromatic carbocycles. The molecule has 0 bridgehead atoms. The van der Waals surface area contributed by atoms with E-state index in [1.54, 1.807) is 6.92 Å². The average molecular weight is 454 g/mol. The van der Waals surface area contributed by atoms with Crippen molar-refractivity contribution in [2.75, 3.05) is 30.0 Å². The molecule has 2 aromatic rings. The van der Waals surface area contributed by atoms with Crippen molar-refractivity contribution in [3.05, 3.63) is 46.3 Å². The van der Waals surface area contributed by atoms with Crippen LogP contribution < -0.4 is 10.6 Å². The van der Waals surface area contributed by atoms with E-state index in [0.717, 1.165) is 11.2 Å². The van der Waals surface area contributed by atoms with Crippen LogP contribution in [0, 0.1) is 10.1 Å². The highest BCUT2D eigenvalue weighted by molar-refractivity contribution is 7.90. The minimum atomic E-state index is -3.98. The van der Waals surface area contributed by atoms with Gasteiger partial charge in [0.1, 0.15) is 12.4 Å². The van der Waals surface area contributed by atoms with Crippen molar-refractivity contribution >= 4 is 39.0 Å². The average Bonchev–Trinajstić information content (AvgIpc) is 2.66. The Balaban J connectivity index is 2.61. The van der Waals surface area contributed by atoms with E-state index in [0.29, 0.717) is 5.56 Å². The number of nitrogens with zero attached hydrogens (tertiary/aromatic N) is 5. The Morgan fingerprint density at radius 2 is 2.06 bits per heavy atom. The van der Waals surface area contributed by atoms with Gasteiger partial charge >= 0.3 is 11.7 Å². The lowest BCUT2D eigenvalue weighted by Gasteiger charge is -2.23. The lowest BCUT2D eigenvalue weighted by atomic mass is 10.2. The van der Waals surface area contributed by atoms with E-state index in [1.807, 2.05) is 0 Å². The van der Waals surface area contributed by atoms with Crippen molar-refractivity contribution in [3.8, 4) is 0 Å². The molecule has 31 heavy (non-hydrogen) atoms. The van der Waals surface area contributed by atoms with E-state index >= 15 is 0 Å². The first-order valence-corrected chi connectivity index (χ1v) is 10.5. The summed E-state index contributed by atoms with van der Waals surface area (Å²) in [6.45, 7) is 4.04. The van der Waals surface area contributed by atoms with Gasteiger partial charge < -0.3 is 15.4 Å². The number of nitro groups is 1. The maximum Gasteiger partial charge on any atom is 0.353 e. The lowest BCUT2D eigenvalue weighted by molar-refractivity contribution is -0.383. The van der Waals surface area contributed by atoms with Crippen molar-refractivity contribution in [2.45, 2.75) is 18.6 Å². The fourth-order valence-corrected chi connectivity index (χ4v) is 2.98. The molecule has 0 fully saturated rings. The Morgan fingerprint density at radius 3 is 2.55 bits per heavy atom. The van der Waals surface area contributed by atoms with Crippen LogP contribution in [-0.2, 0) is 25.9 Å². The van der Waals surface area contributed by atoms with E-state index in [2.05, 4.69) is 21.5 Å². The summed E-state index contributed by atoms with van der Waals surface area (Å²) < 4.78 is 41.9. The summed E-state index contributed by atoms with van der Waals surface area (Å²) >= 11 is 0. The number of esters is 1. The summed E-state index contributed by atoms with van der Waals surface area (Å²) in [6.07, 6.45) is 2.08. The molecule has 0 saturated carbocycles. The van der Waals surface area contributed by atoms with E-state index in [9.17, 15) is 27.7 Å². The molecule has 14 heteroatoms. The molecule has 2 heterocycles. The third-order valence-corrected chi connectivity index (χ3v) is 4.63. The molecule has 0 aliphatic heterocycles. The predicted molar refractivity (Wildman–Crippen MR) is 108 cm³/mol. The molecule has 12 nitrogen and oxygen atoms in total. The number of aromatic nitrogens is 3. The predicted octanol–water partition coefficient (Wildman–Crippen LogP) is 1.28. The van der Waals surface area contributed by atoms with E-state index < -0.39 is 55.6 Å². The van der Waals surface area contributed by atoms with Crippen molar-refractivity contribution in [2.24, 2.45) is 0 Å². The molecule has 0 atom stereocenters. The number of anilines is 2. The smallest absolute Gasteiger partial charge is 0.353 e. The number of carbonyl (C=O) groups is 1. The van der Waals surface area contributed by atoms with Crippen molar-refractivity contribution in [3.63, 3.8) is 0 Å². The van der Waals surface area contributed by atoms with Crippen LogP contribution in [0.25, 0.3) is 5.83 Å². The SMILES string of the molecule is C=C(F)c1ccc(CN(CC(=O)OCC)c2nc(S(C)(=O)=O)nc(N)c2[N+](=O)[O-])cn1. The maximum atomic E-state index is 13.2. The van der Waals surface area contributed by atoms with Crippen LogP contribution >= 0.6 is 0 Å². The molecule has 0 aliphatic rings.